The molecule has 0 heterocycles. The summed E-state index contributed by atoms with van der Waals surface area (Å²) in [6.45, 7) is 10.4. The molecule has 0 aliphatic rings. The Bertz CT molecular complexity index is 488. The van der Waals surface area contributed by atoms with E-state index in [1.807, 2.05) is 0 Å². The third kappa shape index (κ3) is 10.8. The van der Waals surface area contributed by atoms with Gasteiger partial charge in [0.2, 0.25) is 0 Å². The minimum absolute atomic E-state index is 0.0990. The number of halogens is 1. The van der Waals surface area contributed by atoms with E-state index in [2.05, 4.69) is 20.7 Å². The summed E-state index contributed by atoms with van der Waals surface area (Å²) in [6.07, 6.45) is 0.979. The van der Waals surface area contributed by atoms with Gasteiger partial charge in [0.25, 0.3) is 0 Å². The van der Waals surface area contributed by atoms with E-state index in [0.29, 0.717) is 12.8 Å². The fourth-order valence-electron chi connectivity index (χ4n) is 1.55. The Morgan fingerprint density at radius 3 is 1.76 bits per heavy atom. The number of carbonyl (C=O) groups excluding carboxylic acids is 3. The molecular formula is C17H28BrNO6. The topological polar surface area (TPSA) is 82.1 Å². The number of unbranched alkanes of at least 4 members (excludes halogenated alkanes) is 1. The van der Waals surface area contributed by atoms with Crippen molar-refractivity contribution in [2.75, 3.05) is 13.7 Å². The number of hydrogen-bond acceptors (Lipinski definition) is 6. The van der Waals surface area contributed by atoms with Crippen molar-refractivity contribution in [3.05, 3.63) is 10.6 Å². The third-order valence-corrected chi connectivity index (χ3v) is 3.17. The van der Waals surface area contributed by atoms with Crippen LogP contribution in [-0.4, -0.2) is 47.9 Å². The first-order valence-electron chi connectivity index (χ1n) is 7.94. The van der Waals surface area contributed by atoms with Gasteiger partial charge in [-0.05, 0) is 70.3 Å². The first kappa shape index (κ1) is 23.4. The second kappa shape index (κ2) is 9.79. The molecule has 8 heteroatoms. The predicted octanol–water partition coefficient (Wildman–Crippen LogP) is 4.39. The molecule has 0 aliphatic carbocycles. The molecule has 0 aliphatic heterocycles. The SMILES string of the molecule is COC(=O)/C(Br)=C/CCCN(C(=O)OC(C)(C)C)C(=O)OC(C)(C)C. The summed E-state index contributed by atoms with van der Waals surface area (Å²) in [5, 5.41) is 0. The predicted molar refractivity (Wildman–Crippen MR) is 97.4 cm³/mol. The van der Waals surface area contributed by atoms with Crippen LogP contribution in [0.1, 0.15) is 54.4 Å². The number of hydrogen-bond donors (Lipinski definition) is 0. The van der Waals surface area contributed by atoms with Crippen LogP contribution in [0.15, 0.2) is 10.6 Å². The summed E-state index contributed by atoms with van der Waals surface area (Å²) in [7, 11) is 1.28. The second-order valence-electron chi connectivity index (χ2n) is 7.30. The smallest absolute Gasteiger partial charge is 0.419 e. The van der Waals surface area contributed by atoms with Gasteiger partial charge < -0.3 is 14.2 Å². The Kier molecular flexibility index (Phi) is 9.18. The van der Waals surface area contributed by atoms with Gasteiger partial charge in [-0.3, -0.25) is 0 Å². The second-order valence-corrected chi connectivity index (χ2v) is 8.15. The number of rotatable bonds is 5. The number of allylic oxidation sites excluding steroid dienone is 1. The van der Waals surface area contributed by atoms with Crippen LogP contribution < -0.4 is 0 Å². The van der Waals surface area contributed by atoms with Crippen molar-refractivity contribution in [2.24, 2.45) is 0 Å². The summed E-state index contributed by atoms with van der Waals surface area (Å²) < 4.78 is 15.4. The van der Waals surface area contributed by atoms with E-state index < -0.39 is 29.4 Å². The molecule has 7 nitrogen and oxygen atoms in total. The van der Waals surface area contributed by atoms with Crippen molar-refractivity contribution in [1.82, 2.24) is 4.90 Å². The van der Waals surface area contributed by atoms with E-state index in [4.69, 9.17) is 9.47 Å². The molecule has 0 saturated carbocycles. The summed E-state index contributed by atoms with van der Waals surface area (Å²) in [4.78, 5) is 36.7. The van der Waals surface area contributed by atoms with Gasteiger partial charge in [-0.2, -0.15) is 0 Å². The van der Waals surface area contributed by atoms with E-state index in [1.54, 1.807) is 47.6 Å². The Morgan fingerprint density at radius 2 is 1.40 bits per heavy atom. The average molecular weight is 422 g/mol. The zero-order chi connectivity index (χ0) is 19.8. The minimum Gasteiger partial charge on any atom is -0.465 e. The van der Waals surface area contributed by atoms with Crippen LogP contribution in [-0.2, 0) is 19.0 Å². The van der Waals surface area contributed by atoms with Crippen LogP contribution in [0.4, 0.5) is 9.59 Å². The van der Waals surface area contributed by atoms with E-state index in [1.165, 1.54) is 7.11 Å². The van der Waals surface area contributed by atoms with E-state index >= 15 is 0 Å². The van der Waals surface area contributed by atoms with Crippen molar-refractivity contribution in [2.45, 2.75) is 65.6 Å². The molecule has 0 N–H and O–H groups in total. The fourth-order valence-corrected chi connectivity index (χ4v) is 1.94. The number of imide groups is 1. The summed E-state index contributed by atoms with van der Waals surface area (Å²) >= 11 is 3.10. The lowest BCUT2D eigenvalue weighted by atomic mass is 10.2. The number of nitrogens with zero attached hydrogens (tertiary/aromatic N) is 1. The molecule has 2 amide bonds. The molecule has 0 aromatic carbocycles. The number of carbonyl (C=O) groups is 3. The summed E-state index contributed by atoms with van der Waals surface area (Å²) in [5.74, 6) is -0.490. The third-order valence-electron chi connectivity index (χ3n) is 2.52. The number of methoxy groups -OCH3 is 1. The molecule has 0 unspecified atom stereocenters. The quantitative estimate of drug-likeness (QED) is 0.283. The maximum absolute atomic E-state index is 12.3. The molecule has 25 heavy (non-hydrogen) atoms. The number of amides is 2. The van der Waals surface area contributed by atoms with Crippen LogP contribution in [0.25, 0.3) is 0 Å². The Balaban J connectivity index is 4.94. The van der Waals surface area contributed by atoms with Crippen molar-refractivity contribution in [3.63, 3.8) is 0 Å². The minimum atomic E-state index is -0.766. The molecule has 144 valence electrons. The largest absolute Gasteiger partial charge is 0.465 e. The first-order chi connectivity index (χ1) is 11.3. The summed E-state index contributed by atoms with van der Waals surface area (Å²) in [5.41, 5.74) is -1.46. The molecule has 0 aromatic rings. The molecule has 0 radical (unpaired) electrons. The van der Waals surface area contributed by atoms with Crippen LogP contribution in [0.2, 0.25) is 0 Å². The molecule has 0 saturated heterocycles. The Morgan fingerprint density at radius 1 is 0.960 bits per heavy atom. The normalized spacial score (nSPS) is 12.4. The maximum Gasteiger partial charge on any atom is 0.419 e. The molecule has 0 spiro atoms. The van der Waals surface area contributed by atoms with Gasteiger partial charge in [-0.15, -0.1) is 0 Å². The van der Waals surface area contributed by atoms with Gasteiger partial charge in [-0.25, -0.2) is 19.3 Å². The summed E-state index contributed by atoms with van der Waals surface area (Å²) in [6, 6.07) is 0. The van der Waals surface area contributed by atoms with E-state index in [9.17, 15) is 14.4 Å². The highest BCUT2D eigenvalue weighted by atomic mass is 79.9. The fraction of sp³-hybridized carbons (Fsp3) is 0.706. The van der Waals surface area contributed by atoms with Crippen molar-refractivity contribution < 1.29 is 28.6 Å². The molecule has 0 rings (SSSR count). The van der Waals surface area contributed by atoms with Gasteiger partial charge in [0, 0.05) is 6.54 Å². The molecule has 0 aromatic heterocycles. The van der Waals surface area contributed by atoms with Crippen LogP contribution >= 0.6 is 15.9 Å². The van der Waals surface area contributed by atoms with Crippen LogP contribution in [0.5, 0.6) is 0 Å². The molecule has 0 fully saturated rings. The first-order valence-corrected chi connectivity index (χ1v) is 8.73. The van der Waals surface area contributed by atoms with Crippen molar-refractivity contribution in [3.8, 4) is 0 Å². The van der Waals surface area contributed by atoms with Crippen molar-refractivity contribution >= 4 is 34.1 Å². The van der Waals surface area contributed by atoms with Gasteiger partial charge >= 0.3 is 18.2 Å². The van der Waals surface area contributed by atoms with Crippen molar-refractivity contribution in [1.29, 1.82) is 0 Å². The lowest BCUT2D eigenvalue weighted by molar-refractivity contribution is -0.135. The van der Waals surface area contributed by atoms with Crippen LogP contribution in [0.3, 0.4) is 0 Å². The van der Waals surface area contributed by atoms with E-state index in [0.717, 1.165) is 4.90 Å². The Hall–Kier alpha value is -1.57. The monoisotopic (exact) mass is 421 g/mol. The zero-order valence-corrected chi connectivity index (χ0v) is 17.6. The lowest BCUT2D eigenvalue weighted by Gasteiger charge is -2.28. The maximum atomic E-state index is 12.3. The standard InChI is InChI=1S/C17H28BrNO6/c1-16(2,3)24-14(21)19(15(22)25-17(4,5)6)11-9-8-10-12(18)13(20)23-7/h10H,8-9,11H2,1-7H3/b12-10-. The van der Waals surface area contributed by atoms with Gasteiger partial charge in [0.1, 0.15) is 11.2 Å². The zero-order valence-electron chi connectivity index (χ0n) is 16.0. The average Bonchev–Trinajstić information content (AvgIpc) is 2.41. The van der Waals surface area contributed by atoms with Gasteiger partial charge in [0.15, 0.2) is 0 Å². The highest BCUT2D eigenvalue weighted by Crippen LogP contribution is 2.16. The highest BCUT2D eigenvalue weighted by Gasteiger charge is 2.30. The number of esters is 1. The van der Waals surface area contributed by atoms with Crippen LogP contribution in [0, 0.1) is 0 Å². The molecule has 0 bridgehead atoms. The van der Waals surface area contributed by atoms with Gasteiger partial charge in [-0.1, -0.05) is 6.08 Å². The molecule has 0 atom stereocenters. The Labute approximate surface area is 157 Å². The number of ether oxygens (including phenoxy) is 3. The highest BCUT2D eigenvalue weighted by molar-refractivity contribution is 9.12. The lowest BCUT2D eigenvalue weighted by Crippen LogP contribution is -2.44. The molecular weight excluding hydrogens is 394 g/mol. The van der Waals surface area contributed by atoms with Gasteiger partial charge in [0.05, 0.1) is 11.6 Å². The van der Waals surface area contributed by atoms with E-state index in [-0.39, 0.29) is 11.0 Å².